The number of rotatable bonds is 4. The van der Waals surface area contributed by atoms with Crippen LogP contribution in [-0.2, 0) is 4.79 Å². The normalized spacial score (nSPS) is 10.9. The van der Waals surface area contributed by atoms with Gasteiger partial charge >= 0.3 is 5.97 Å². The van der Waals surface area contributed by atoms with Gasteiger partial charge in [-0.15, -0.1) is 0 Å². The van der Waals surface area contributed by atoms with Crippen LogP contribution in [0.15, 0.2) is 46.4 Å². The number of nitriles is 1. The van der Waals surface area contributed by atoms with Crippen LogP contribution in [0.3, 0.4) is 0 Å². The lowest BCUT2D eigenvalue weighted by atomic mass is 10.1. The smallest absolute Gasteiger partial charge is 0.336 e. The van der Waals surface area contributed by atoms with Crippen molar-refractivity contribution in [2.45, 2.75) is 0 Å². The van der Waals surface area contributed by atoms with Crippen LogP contribution < -0.4 is 5.73 Å². The van der Waals surface area contributed by atoms with Gasteiger partial charge in [-0.25, -0.2) is 4.79 Å². The third-order valence-electron chi connectivity index (χ3n) is 2.72. The number of aromatic carboxylic acids is 1. The van der Waals surface area contributed by atoms with E-state index >= 15 is 0 Å². The van der Waals surface area contributed by atoms with Gasteiger partial charge in [0.15, 0.2) is 0 Å². The molecule has 0 radical (unpaired) electrons. The number of carboxylic acid groups (broad SMARTS) is 1. The van der Waals surface area contributed by atoms with Crippen LogP contribution in [0.2, 0.25) is 0 Å². The lowest BCUT2D eigenvalue weighted by Crippen LogP contribution is -2.12. The molecule has 3 N–H and O–H groups in total. The zero-order chi connectivity index (χ0) is 15.4. The van der Waals surface area contributed by atoms with Gasteiger partial charge in [-0.3, -0.25) is 4.79 Å². The Hall–Kier alpha value is -3.33. The van der Waals surface area contributed by atoms with E-state index in [4.69, 9.17) is 20.5 Å². The highest BCUT2D eigenvalue weighted by molar-refractivity contribution is 6.00. The van der Waals surface area contributed by atoms with Crippen LogP contribution in [0.4, 0.5) is 0 Å². The monoisotopic (exact) mass is 282 g/mol. The minimum atomic E-state index is -1.08. The van der Waals surface area contributed by atoms with Gasteiger partial charge in [-0.1, -0.05) is 18.2 Å². The molecule has 0 aliphatic rings. The summed E-state index contributed by atoms with van der Waals surface area (Å²) >= 11 is 0. The number of nitrogens with two attached hydrogens (primary N) is 1. The van der Waals surface area contributed by atoms with Gasteiger partial charge < -0.3 is 15.3 Å². The Morgan fingerprint density at radius 3 is 2.57 bits per heavy atom. The second-order valence-corrected chi connectivity index (χ2v) is 4.09. The number of benzene rings is 1. The highest BCUT2D eigenvalue weighted by Crippen LogP contribution is 2.26. The Labute approximate surface area is 119 Å². The highest BCUT2D eigenvalue weighted by atomic mass is 16.4. The van der Waals surface area contributed by atoms with Crippen LogP contribution in [0.25, 0.3) is 17.4 Å². The lowest BCUT2D eigenvalue weighted by molar-refractivity contribution is -0.114. The first kappa shape index (κ1) is 14.1. The lowest BCUT2D eigenvalue weighted by Gasteiger charge is -2.01. The highest BCUT2D eigenvalue weighted by Gasteiger charge is 2.14. The van der Waals surface area contributed by atoms with Crippen molar-refractivity contribution in [2.75, 3.05) is 0 Å². The number of carboxylic acids is 1. The third-order valence-corrected chi connectivity index (χ3v) is 2.72. The molecule has 1 aromatic heterocycles. The maximum absolute atomic E-state index is 11.2. The van der Waals surface area contributed by atoms with Crippen LogP contribution in [0.1, 0.15) is 16.1 Å². The standard InChI is InChI=1S/C15H10N2O4/c16-8-9(14(17)18)7-10-5-6-13(21-10)11-3-1-2-4-12(11)15(19)20/h1-7H,(H2,17,18)(H,19,20)/b9-7+. The molecule has 21 heavy (non-hydrogen) atoms. The number of nitrogens with zero attached hydrogens (tertiary/aromatic N) is 1. The molecule has 0 bridgehead atoms. The average Bonchev–Trinajstić information content (AvgIpc) is 2.92. The second kappa shape index (κ2) is 5.75. The molecule has 0 fully saturated rings. The van der Waals surface area contributed by atoms with Crippen molar-refractivity contribution in [3.05, 3.63) is 53.3 Å². The van der Waals surface area contributed by atoms with Crippen molar-refractivity contribution in [3.63, 3.8) is 0 Å². The summed E-state index contributed by atoms with van der Waals surface area (Å²) in [5.74, 6) is -1.38. The van der Waals surface area contributed by atoms with Gasteiger partial charge in [-0.05, 0) is 18.2 Å². The van der Waals surface area contributed by atoms with E-state index in [1.807, 2.05) is 0 Å². The second-order valence-electron chi connectivity index (χ2n) is 4.09. The number of furan rings is 1. The van der Waals surface area contributed by atoms with Crippen LogP contribution >= 0.6 is 0 Å². The fourth-order valence-corrected chi connectivity index (χ4v) is 1.76. The van der Waals surface area contributed by atoms with Crippen molar-refractivity contribution >= 4 is 18.0 Å². The van der Waals surface area contributed by atoms with E-state index < -0.39 is 11.9 Å². The van der Waals surface area contributed by atoms with Crippen molar-refractivity contribution in [3.8, 4) is 17.4 Å². The number of amides is 1. The molecular weight excluding hydrogens is 272 g/mol. The summed E-state index contributed by atoms with van der Waals surface area (Å²) in [6, 6.07) is 11.1. The Balaban J connectivity index is 2.45. The molecule has 1 aromatic carbocycles. The van der Waals surface area contributed by atoms with Crippen molar-refractivity contribution < 1.29 is 19.1 Å². The van der Waals surface area contributed by atoms with Gasteiger partial charge in [0.05, 0.1) is 5.56 Å². The molecule has 0 saturated carbocycles. The Kier molecular flexibility index (Phi) is 3.86. The Morgan fingerprint density at radius 2 is 1.95 bits per heavy atom. The fourth-order valence-electron chi connectivity index (χ4n) is 1.76. The first-order valence-corrected chi connectivity index (χ1v) is 5.87. The van der Waals surface area contributed by atoms with Gasteiger partial charge in [0.25, 0.3) is 5.91 Å². The summed E-state index contributed by atoms with van der Waals surface area (Å²) in [6.45, 7) is 0. The van der Waals surface area contributed by atoms with E-state index in [-0.39, 0.29) is 16.9 Å². The largest absolute Gasteiger partial charge is 0.478 e. The van der Waals surface area contributed by atoms with Gasteiger partial charge in [0.1, 0.15) is 23.2 Å². The van der Waals surface area contributed by atoms with Crippen LogP contribution in [-0.4, -0.2) is 17.0 Å². The summed E-state index contributed by atoms with van der Waals surface area (Å²) in [4.78, 5) is 22.1. The first-order chi connectivity index (χ1) is 10.0. The zero-order valence-corrected chi connectivity index (χ0v) is 10.7. The predicted octanol–water partition coefficient (Wildman–Crippen LogP) is 2.04. The molecule has 6 heteroatoms. The predicted molar refractivity (Wildman–Crippen MR) is 73.9 cm³/mol. The van der Waals surface area contributed by atoms with E-state index in [1.54, 1.807) is 30.3 Å². The molecular formula is C15H10N2O4. The van der Waals surface area contributed by atoms with E-state index in [2.05, 4.69) is 0 Å². The maximum atomic E-state index is 11.2. The quantitative estimate of drug-likeness (QED) is 0.657. The Bertz CT molecular complexity index is 781. The maximum Gasteiger partial charge on any atom is 0.336 e. The average molecular weight is 282 g/mol. The minimum Gasteiger partial charge on any atom is -0.478 e. The summed E-state index contributed by atoms with van der Waals surface area (Å²) in [5, 5.41) is 17.9. The van der Waals surface area contributed by atoms with E-state index in [0.717, 1.165) is 0 Å². The molecule has 0 atom stereocenters. The summed E-state index contributed by atoms with van der Waals surface area (Å²) in [5.41, 5.74) is 5.28. The summed E-state index contributed by atoms with van der Waals surface area (Å²) in [6.07, 6.45) is 1.20. The van der Waals surface area contributed by atoms with E-state index in [9.17, 15) is 9.59 Å². The zero-order valence-electron chi connectivity index (χ0n) is 10.7. The number of carbonyl (C=O) groups is 2. The molecule has 1 amide bonds. The molecule has 0 unspecified atom stereocenters. The van der Waals surface area contributed by atoms with E-state index in [1.165, 1.54) is 18.2 Å². The molecule has 104 valence electrons. The third kappa shape index (κ3) is 2.98. The van der Waals surface area contributed by atoms with E-state index in [0.29, 0.717) is 11.3 Å². The molecule has 2 aromatic rings. The minimum absolute atomic E-state index is 0.0952. The molecule has 0 aliphatic carbocycles. The van der Waals surface area contributed by atoms with Crippen LogP contribution in [0, 0.1) is 11.3 Å². The van der Waals surface area contributed by atoms with Crippen molar-refractivity contribution in [1.29, 1.82) is 5.26 Å². The van der Waals surface area contributed by atoms with Gasteiger partial charge in [-0.2, -0.15) is 5.26 Å². The van der Waals surface area contributed by atoms with Crippen LogP contribution in [0.5, 0.6) is 0 Å². The fraction of sp³-hybridized carbons (Fsp3) is 0. The summed E-state index contributed by atoms with van der Waals surface area (Å²) < 4.78 is 5.44. The molecule has 0 spiro atoms. The van der Waals surface area contributed by atoms with Crippen molar-refractivity contribution in [2.24, 2.45) is 5.73 Å². The number of hydrogen-bond acceptors (Lipinski definition) is 4. The molecule has 1 heterocycles. The topological polar surface area (TPSA) is 117 Å². The molecule has 2 rings (SSSR count). The number of hydrogen-bond donors (Lipinski definition) is 2. The summed E-state index contributed by atoms with van der Waals surface area (Å²) in [7, 11) is 0. The van der Waals surface area contributed by atoms with Gasteiger partial charge in [0.2, 0.25) is 0 Å². The number of carbonyl (C=O) groups excluding carboxylic acids is 1. The first-order valence-electron chi connectivity index (χ1n) is 5.87. The molecule has 0 aliphatic heterocycles. The Morgan fingerprint density at radius 1 is 1.24 bits per heavy atom. The number of primary amides is 1. The molecule has 6 nitrogen and oxygen atoms in total. The SMILES string of the molecule is N#C/C(=C\c1ccc(-c2ccccc2C(=O)O)o1)C(N)=O. The van der Waals surface area contributed by atoms with Crippen molar-refractivity contribution in [1.82, 2.24) is 0 Å². The molecule has 0 saturated heterocycles. The van der Waals surface area contributed by atoms with Gasteiger partial charge in [0, 0.05) is 11.6 Å².